The van der Waals surface area contributed by atoms with Crippen LogP contribution in [0.5, 0.6) is 0 Å². The van der Waals surface area contributed by atoms with Gasteiger partial charge in [-0.05, 0) is 54.5 Å². The first-order chi connectivity index (χ1) is 13.9. The molecule has 1 aromatic carbocycles. The maximum atomic E-state index is 12.8. The van der Waals surface area contributed by atoms with E-state index in [1.54, 1.807) is 10.8 Å². The Hall–Kier alpha value is -2.32. The highest BCUT2D eigenvalue weighted by Gasteiger charge is 2.36. The third-order valence-corrected chi connectivity index (χ3v) is 10.2. The van der Waals surface area contributed by atoms with Gasteiger partial charge in [-0.25, -0.2) is 4.98 Å². The molecule has 0 spiro atoms. The zero-order valence-corrected chi connectivity index (χ0v) is 19.0. The number of halogens is 3. The van der Waals surface area contributed by atoms with Gasteiger partial charge < -0.3 is 14.3 Å². The molecule has 0 aliphatic carbocycles. The minimum absolute atomic E-state index is 0.175. The number of anilines is 1. The smallest absolute Gasteiger partial charge is 0.415 e. The lowest BCUT2D eigenvalue weighted by molar-refractivity contribution is -0.137. The number of benzene rings is 1. The van der Waals surface area contributed by atoms with Gasteiger partial charge in [-0.15, -0.1) is 0 Å². The van der Waals surface area contributed by atoms with E-state index in [-0.39, 0.29) is 5.04 Å². The van der Waals surface area contributed by atoms with Crippen molar-refractivity contribution in [3.05, 3.63) is 54.4 Å². The van der Waals surface area contributed by atoms with E-state index in [4.69, 9.17) is 4.43 Å². The highest BCUT2D eigenvalue weighted by Crippen LogP contribution is 2.36. The molecular weight excluding hydrogens is 407 g/mol. The van der Waals surface area contributed by atoms with E-state index < -0.39 is 20.1 Å². The van der Waals surface area contributed by atoms with Crippen LogP contribution in [-0.4, -0.2) is 31.0 Å². The van der Waals surface area contributed by atoms with Gasteiger partial charge in [0, 0.05) is 23.8 Å². The van der Waals surface area contributed by atoms with Crippen LogP contribution in [0.15, 0.2) is 48.8 Å². The van der Waals surface area contributed by atoms with Crippen LogP contribution in [0, 0.1) is 0 Å². The minimum Gasteiger partial charge on any atom is -0.415 e. The molecule has 162 valence electrons. The summed E-state index contributed by atoms with van der Waals surface area (Å²) in [4.78, 5) is 4.50. The van der Waals surface area contributed by atoms with Crippen LogP contribution in [0.2, 0.25) is 18.1 Å². The zero-order chi connectivity index (χ0) is 22.2. The summed E-state index contributed by atoms with van der Waals surface area (Å²) in [5.74, 6) is 0. The summed E-state index contributed by atoms with van der Waals surface area (Å²) in [6.07, 6.45) is -0.801. The van der Waals surface area contributed by atoms with Crippen molar-refractivity contribution in [2.45, 2.75) is 45.1 Å². The third-order valence-electron chi connectivity index (χ3n) is 5.70. The number of hydrogen-bond donors (Lipinski definition) is 1. The lowest BCUT2D eigenvalue weighted by atomic mass is 10.2. The number of pyridine rings is 1. The van der Waals surface area contributed by atoms with E-state index in [0.717, 1.165) is 23.2 Å². The molecule has 3 rings (SSSR count). The van der Waals surface area contributed by atoms with Crippen molar-refractivity contribution in [2.24, 2.45) is 0 Å². The van der Waals surface area contributed by atoms with Crippen LogP contribution in [0.25, 0.3) is 16.7 Å². The Bertz CT molecular complexity index is 1010. The average Bonchev–Trinajstić information content (AvgIpc) is 3.07. The van der Waals surface area contributed by atoms with Gasteiger partial charge in [0.15, 0.2) is 8.32 Å². The lowest BCUT2D eigenvalue weighted by Crippen LogP contribution is -2.41. The standard InChI is InChI=1S/C22H28F3N3OSi/c1-21(2,3)30(4,5)29-13-11-26-18-14-16-10-12-28(20(16)27-15-18)19-8-6-17(7-9-19)22(23,24)25/h6-10,12,14-15,26H,11,13H2,1-5H3. The van der Waals surface area contributed by atoms with E-state index in [1.807, 2.05) is 18.3 Å². The molecular formula is C22H28F3N3OSi. The molecule has 8 heteroatoms. The van der Waals surface area contributed by atoms with Gasteiger partial charge in [0.2, 0.25) is 0 Å². The van der Waals surface area contributed by atoms with Crippen molar-refractivity contribution >= 4 is 25.0 Å². The molecule has 0 amide bonds. The fourth-order valence-electron chi connectivity index (χ4n) is 2.86. The maximum absolute atomic E-state index is 12.8. The van der Waals surface area contributed by atoms with Crippen molar-refractivity contribution in [3.63, 3.8) is 0 Å². The SMILES string of the molecule is CC(C)(C)[Si](C)(C)OCCNc1cnc2c(ccn2-c2ccc(C(F)(F)F)cc2)c1. The zero-order valence-electron chi connectivity index (χ0n) is 18.0. The Morgan fingerprint density at radius 1 is 1.07 bits per heavy atom. The van der Waals surface area contributed by atoms with Crippen LogP contribution in [0.4, 0.5) is 18.9 Å². The van der Waals surface area contributed by atoms with E-state index in [9.17, 15) is 13.2 Å². The molecule has 0 bridgehead atoms. The predicted molar refractivity (Wildman–Crippen MR) is 118 cm³/mol. The topological polar surface area (TPSA) is 39.1 Å². The summed E-state index contributed by atoms with van der Waals surface area (Å²) in [6.45, 7) is 12.4. The van der Waals surface area contributed by atoms with Crippen LogP contribution in [-0.2, 0) is 10.6 Å². The lowest BCUT2D eigenvalue weighted by Gasteiger charge is -2.36. The second-order valence-corrected chi connectivity index (χ2v) is 13.7. The second kappa shape index (κ2) is 8.07. The number of aromatic nitrogens is 2. The first-order valence-corrected chi connectivity index (χ1v) is 12.8. The average molecular weight is 436 g/mol. The third kappa shape index (κ3) is 4.87. The van der Waals surface area contributed by atoms with Gasteiger partial charge >= 0.3 is 6.18 Å². The Labute approximate surface area is 176 Å². The van der Waals surface area contributed by atoms with Gasteiger partial charge in [-0.3, -0.25) is 0 Å². The van der Waals surface area contributed by atoms with Crippen molar-refractivity contribution in [3.8, 4) is 5.69 Å². The number of nitrogens with one attached hydrogen (secondary N) is 1. The fourth-order valence-corrected chi connectivity index (χ4v) is 3.90. The first-order valence-electron chi connectivity index (χ1n) is 9.91. The number of alkyl halides is 3. The van der Waals surface area contributed by atoms with Crippen LogP contribution >= 0.6 is 0 Å². The van der Waals surface area contributed by atoms with E-state index in [0.29, 0.717) is 24.5 Å². The largest absolute Gasteiger partial charge is 0.416 e. The second-order valence-electron chi connectivity index (χ2n) is 8.90. The Morgan fingerprint density at radius 3 is 2.33 bits per heavy atom. The molecule has 4 nitrogen and oxygen atoms in total. The monoisotopic (exact) mass is 435 g/mol. The summed E-state index contributed by atoms with van der Waals surface area (Å²) in [5.41, 5.74) is 1.54. The van der Waals surface area contributed by atoms with Gasteiger partial charge in [0.25, 0.3) is 0 Å². The molecule has 0 aliphatic heterocycles. The molecule has 1 N–H and O–H groups in total. The van der Waals surface area contributed by atoms with E-state index in [2.05, 4.69) is 44.2 Å². The van der Waals surface area contributed by atoms with Crippen LogP contribution in [0.1, 0.15) is 26.3 Å². The van der Waals surface area contributed by atoms with Crippen LogP contribution in [0.3, 0.4) is 0 Å². The Morgan fingerprint density at radius 2 is 1.73 bits per heavy atom. The maximum Gasteiger partial charge on any atom is 0.416 e. The molecule has 3 aromatic rings. The van der Waals surface area contributed by atoms with Crippen molar-refractivity contribution in [2.75, 3.05) is 18.5 Å². The molecule has 2 aromatic heterocycles. The quantitative estimate of drug-likeness (QED) is 0.356. The van der Waals surface area contributed by atoms with Gasteiger partial charge in [-0.1, -0.05) is 20.8 Å². The summed E-state index contributed by atoms with van der Waals surface area (Å²) >= 11 is 0. The molecule has 2 heterocycles. The molecule has 0 saturated heterocycles. The van der Waals surface area contributed by atoms with Crippen molar-refractivity contribution < 1.29 is 17.6 Å². The molecule has 30 heavy (non-hydrogen) atoms. The van der Waals surface area contributed by atoms with E-state index >= 15 is 0 Å². The van der Waals surface area contributed by atoms with Gasteiger partial charge in [0.1, 0.15) is 5.65 Å². The molecule has 0 atom stereocenters. The summed E-state index contributed by atoms with van der Waals surface area (Å²) in [7, 11) is -1.77. The highest BCUT2D eigenvalue weighted by molar-refractivity contribution is 6.74. The fraction of sp³-hybridized carbons (Fsp3) is 0.409. The highest BCUT2D eigenvalue weighted by atomic mass is 28.4. The summed E-state index contributed by atoms with van der Waals surface area (Å²) in [6, 6.07) is 8.95. The molecule has 0 aliphatic rings. The first kappa shape index (κ1) is 22.4. The predicted octanol–water partition coefficient (Wildman–Crippen LogP) is 6.48. The molecule has 0 unspecified atom stereocenters. The van der Waals surface area contributed by atoms with Crippen LogP contribution < -0.4 is 5.32 Å². The van der Waals surface area contributed by atoms with Gasteiger partial charge in [-0.2, -0.15) is 13.2 Å². The number of nitrogens with zero attached hydrogens (tertiary/aromatic N) is 2. The molecule has 0 saturated carbocycles. The van der Waals surface area contributed by atoms with Crippen molar-refractivity contribution in [1.82, 2.24) is 9.55 Å². The number of rotatable bonds is 6. The normalized spacial score (nSPS) is 13.1. The van der Waals surface area contributed by atoms with Crippen molar-refractivity contribution in [1.29, 1.82) is 0 Å². The Kier molecular flexibility index (Phi) is 6.02. The van der Waals surface area contributed by atoms with E-state index in [1.165, 1.54) is 12.1 Å². The summed E-state index contributed by atoms with van der Waals surface area (Å²) in [5, 5.41) is 4.42. The molecule has 0 radical (unpaired) electrons. The molecule has 0 fully saturated rings. The number of hydrogen-bond acceptors (Lipinski definition) is 3. The summed E-state index contributed by atoms with van der Waals surface area (Å²) < 4.78 is 46.3. The Balaban J connectivity index is 1.67. The number of fused-ring (bicyclic) bond motifs is 1. The van der Waals surface area contributed by atoms with Gasteiger partial charge in [0.05, 0.1) is 24.1 Å². The minimum atomic E-state index is -4.34.